The molecule has 0 amide bonds. The molecule has 3 nitrogen and oxygen atoms in total. The number of fused-ring (bicyclic) bond motifs is 1. The number of hydrogen-bond donors (Lipinski definition) is 2. The first kappa shape index (κ1) is 18.5. The van der Waals surface area contributed by atoms with Crippen molar-refractivity contribution in [2.24, 2.45) is 11.7 Å². The van der Waals surface area contributed by atoms with E-state index >= 15 is 0 Å². The minimum Gasteiger partial charge on any atom is -0.389 e. The average Bonchev–Trinajstić information content (AvgIpc) is 3.12. The second-order valence-corrected chi connectivity index (χ2v) is 7.63. The van der Waals surface area contributed by atoms with Crippen molar-refractivity contribution in [3.8, 4) is 0 Å². The lowest BCUT2D eigenvalue weighted by molar-refractivity contribution is 0.262. The predicted octanol–water partition coefficient (Wildman–Crippen LogP) is 4.29. The summed E-state index contributed by atoms with van der Waals surface area (Å²) in [5.74, 6) is 0.950. The van der Waals surface area contributed by atoms with E-state index in [4.69, 9.17) is 10.5 Å². The number of rotatable bonds is 13. The molecule has 1 heterocycles. The molecule has 1 aliphatic carbocycles. The Morgan fingerprint density at radius 2 is 1.87 bits per heavy atom. The Balaban J connectivity index is 1.35. The maximum absolute atomic E-state index is 5.96. The molecule has 3 heteroatoms. The normalized spacial score (nSPS) is 26.6. The summed E-state index contributed by atoms with van der Waals surface area (Å²) in [6.45, 7) is 11.1. The summed E-state index contributed by atoms with van der Waals surface area (Å²) in [6.07, 6.45) is 13.8. The van der Waals surface area contributed by atoms with Crippen LogP contribution in [0.1, 0.15) is 71.1 Å². The summed E-state index contributed by atoms with van der Waals surface area (Å²) in [7, 11) is 0. The number of hydrogen-bond acceptors (Lipinski definition) is 3. The van der Waals surface area contributed by atoms with Crippen molar-refractivity contribution in [3.05, 3.63) is 24.4 Å². The highest BCUT2D eigenvalue weighted by molar-refractivity contribution is 4.99. The third-order valence-electron chi connectivity index (χ3n) is 5.36. The maximum atomic E-state index is 5.96. The lowest BCUT2D eigenvalue weighted by Crippen LogP contribution is -2.21. The van der Waals surface area contributed by atoms with Gasteiger partial charge in [-0.15, -0.1) is 0 Å². The SMILES string of the molecule is C=C(CCCCCC1CC2OC2C1)NCCCCC(N)C(=C)C. The van der Waals surface area contributed by atoms with E-state index in [1.165, 1.54) is 44.2 Å². The first-order valence-electron chi connectivity index (χ1n) is 9.54. The van der Waals surface area contributed by atoms with E-state index in [1.807, 2.05) is 6.92 Å². The molecule has 0 aromatic carbocycles. The van der Waals surface area contributed by atoms with Crippen molar-refractivity contribution < 1.29 is 4.74 Å². The smallest absolute Gasteiger partial charge is 0.0844 e. The van der Waals surface area contributed by atoms with Gasteiger partial charge in [0.25, 0.3) is 0 Å². The van der Waals surface area contributed by atoms with E-state index < -0.39 is 0 Å². The minimum atomic E-state index is 0.163. The number of nitrogens with one attached hydrogen (secondary N) is 1. The molecule has 3 atom stereocenters. The summed E-state index contributed by atoms with van der Waals surface area (Å²) in [5, 5.41) is 3.45. The number of nitrogens with two attached hydrogens (primary N) is 1. The Hall–Kier alpha value is -0.800. The molecule has 0 spiro atoms. The number of unbranched alkanes of at least 4 members (excludes halogenated alkanes) is 3. The number of ether oxygens (including phenoxy) is 1. The van der Waals surface area contributed by atoms with Crippen LogP contribution in [0.5, 0.6) is 0 Å². The monoisotopic (exact) mass is 320 g/mol. The van der Waals surface area contributed by atoms with Crippen LogP contribution in [0, 0.1) is 5.92 Å². The molecule has 2 aliphatic rings. The van der Waals surface area contributed by atoms with Crippen molar-refractivity contribution >= 4 is 0 Å². The molecule has 2 rings (SSSR count). The van der Waals surface area contributed by atoms with Gasteiger partial charge in [0, 0.05) is 18.3 Å². The third-order valence-corrected chi connectivity index (χ3v) is 5.36. The van der Waals surface area contributed by atoms with Crippen molar-refractivity contribution in [1.82, 2.24) is 5.32 Å². The molecular formula is C20H36N2O. The molecule has 3 unspecified atom stereocenters. The van der Waals surface area contributed by atoms with Crippen LogP contribution >= 0.6 is 0 Å². The van der Waals surface area contributed by atoms with Crippen molar-refractivity contribution in [3.63, 3.8) is 0 Å². The summed E-state index contributed by atoms with van der Waals surface area (Å²) in [4.78, 5) is 0. The van der Waals surface area contributed by atoms with E-state index in [9.17, 15) is 0 Å². The van der Waals surface area contributed by atoms with E-state index in [2.05, 4.69) is 18.5 Å². The van der Waals surface area contributed by atoms with Gasteiger partial charge in [-0.3, -0.25) is 0 Å². The van der Waals surface area contributed by atoms with Crippen LogP contribution < -0.4 is 11.1 Å². The predicted molar refractivity (Wildman–Crippen MR) is 98.3 cm³/mol. The quantitative estimate of drug-likeness (QED) is 0.302. The lowest BCUT2D eigenvalue weighted by Gasteiger charge is -2.13. The molecule has 2 fully saturated rings. The van der Waals surface area contributed by atoms with E-state index in [1.54, 1.807) is 0 Å². The fourth-order valence-corrected chi connectivity index (χ4v) is 3.62. The first-order chi connectivity index (χ1) is 11.1. The van der Waals surface area contributed by atoms with Crippen LogP contribution in [0.4, 0.5) is 0 Å². The van der Waals surface area contributed by atoms with Crippen LogP contribution in [0.3, 0.4) is 0 Å². The summed E-state index contributed by atoms with van der Waals surface area (Å²) >= 11 is 0. The van der Waals surface area contributed by atoms with Gasteiger partial charge in [-0.05, 0) is 57.8 Å². The standard InChI is InChI=1S/C20H36N2O/c1-15(2)18(21)11-7-8-12-22-16(3)9-5-4-6-10-17-13-19-20(14-17)23-19/h17-20,22H,1,3-14,21H2,2H3. The molecule has 0 aromatic heterocycles. The molecule has 1 saturated carbocycles. The topological polar surface area (TPSA) is 50.6 Å². The van der Waals surface area contributed by atoms with Crippen LogP contribution in [0.2, 0.25) is 0 Å². The molecule has 0 radical (unpaired) electrons. The van der Waals surface area contributed by atoms with Gasteiger partial charge in [0.1, 0.15) is 0 Å². The Morgan fingerprint density at radius 3 is 2.57 bits per heavy atom. The zero-order chi connectivity index (χ0) is 16.7. The third kappa shape index (κ3) is 7.09. The van der Waals surface area contributed by atoms with Gasteiger partial charge in [0.15, 0.2) is 0 Å². The van der Waals surface area contributed by atoms with Gasteiger partial charge in [-0.25, -0.2) is 0 Å². The van der Waals surface area contributed by atoms with Gasteiger partial charge < -0.3 is 15.8 Å². The van der Waals surface area contributed by atoms with Crippen LogP contribution in [-0.2, 0) is 4.74 Å². The van der Waals surface area contributed by atoms with Crippen LogP contribution in [0.15, 0.2) is 24.4 Å². The Labute approximate surface area is 142 Å². The van der Waals surface area contributed by atoms with E-state index in [-0.39, 0.29) is 6.04 Å². The summed E-state index contributed by atoms with van der Waals surface area (Å²) in [5.41, 5.74) is 8.25. The zero-order valence-corrected chi connectivity index (χ0v) is 15.0. The van der Waals surface area contributed by atoms with Gasteiger partial charge in [0.2, 0.25) is 0 Å². The van der Waals surface area contributed by atoms with Crippen LogP contribution in [-0.4, -0.2) is 24.8 Å². The average molecular weight is 321 g/mol. The lowest BCUT2D eigenvalue weighted by atomic mass is 9.98. The summed E-state index contributed by atoms with van der Waals surface area (Å²) in [6, 6.07) is 0.163. The highest BCUT2D eigenvalue weighted by Gasteiger charge is 2.47. The Kier molecular flexibility index (Phi) is 7.64. The molecule has 23 heavy (non-hydrogen) atoms. The van der Waals surface area contributed by atoms with Gasteiger partial charge in [-0.1, -0.05) is 38.0 Å². The zero-order valence-electron chi connectivity index (χ0n) is 15.0. The second-order valence-electron chi connectivity index (χ2n) is 7.63. The minimum absolute atomic E-state index is 0.163. The number of epoxide rings is 1. The van der Waals surface area contributed by atoms with Gasteiger partial charge >= 0.3 is 0 Å². The van der Waals surface area contributed by atoms with E-state index in [0.717, 1.165) is 43.7 Å². The molecule has 1 aliphatic heterocycles. The number of allylic oxidation sites excluding steroid dienone is 1. The Morgan fingerprint density at radius 1 is 1.13 bits per heavy atom. The molecule has 0 aromatic rings. The fourth-order valence-electron chi connectivity index (χ4n) is 3.62. The maximum Gasteiger partial charge on any atom is 0.0844 e. The first-order valence-corrected chi connectivity index (χ1v) is 9.54. The molecule has 0 bridgehead atoms. The van der Waals surface area contributed by atoms with E-state index in [0.29, 0.717) is 12.2 Å². The molecule has 3 N–H and O–H groups in total. The molecule has 132 valence electrons. The highest BCUT2D eigenvalue weighted by atomic mass is 16.6. The van der Waals surface area contributed by atoms with Crippen molar-refractivity contribution in [2.75, 3.05) is 6.54 Å². The molecule has 1 saturated heterocycles. The second kappa shape index (κ2) is 9.48. The van der Waals surface area contributed by atoms with Gasteiger partial charge in [0.05, 0.1) is 12.2 Å². The highest BCUT2D eigenvalue weighted by Crippen LogP contribution is 2.43. The van der Waals surface area contributed by atoms with Crippen LogP contribution in [0.25, 0.3) is 0 Å². The molecular weight excluding hydrogens is 284 g/mol. The Bertz CT molecular complexity index is 383. The van der Waals surface area contributed by atoms with Crippen molar-refractivity contribution in [2.45, 2.75) is 89.4 Å². The van der Waals surface area contributed by atoms with Crippen molar-refractivity contribution in [1.29, 1.82) is 0 Å². The largest absolute Gasteiger partial charge is 0.389 e. The van der Waals surface area contributed by atoms with Gasteiger partial charge in [-0.2, -0.15) is 0 Å². The summed E-state index contributed by atoms with van der Waals surface area (Å²) < 4.78 is 5.49. The fraction of sp³-hybridized carbons (Fsp3) is 0.800.